The molecule has 0 amide bonds. The molecule has 0 spiro atoms. The Morgan fingerprint density at radius 1 is 0.909 bits per heavy atom. The summed E-state index contributed by atoms with van der Waals surface area (Å²) in [7, 11) is 0. The average Bonchev–Trinajstić information content (AvgIpc) is 3.16. The lowest BCUT2D eigenvalue weighted by Gasteiger charge is -2.12. The van der Waals surface area contributed by atoms with Crippen LogP contribution in [-0.4, -0.2) is 4.57 Å². The van der Waals surface area contributed by atoms with E-state index in [0.717, 1.165) is 6.42 Å². The second-order valence-corrected chi connectivity index (χ2v) is 6.19. The molecule has 1 aromatic heterocycles. The van der Waals surface area contributed by atoms with E-state index in [4.69, 9.17) is 0 Å². The van der Waals surface area contributed by atoms with E-state index >= 15 is 0 Å². The summed E-state index contributed by atoms with van der Waals surface area (Å²) in [6.07, 6.45) is 10.4. The van der Waals surface area contributed by atoms with Gasteiger partial charge in [0.05, 0.1) is 5.52 Å². The van der Waals surface area contributed by atoms with Crippen LogP contribution in [0.15, 0.2) is 72.5 Å². The molecule has 0 aliphatic heterocycles. The zero-order valence-corrected chi connectivity index (χ0v) is 12.4. The van der Waals surface area contributed by atoms with E-state index in [0.29, 0.717) is 0 Å². The van der Waals surface area contributed by atoms with E-state index in [9.17, 15) is 0 Å². The van der Waals surface area contributed by atoms with Crippen molar-refractivity contribution in [1.29, 1.82) is 0 Å². The van der Waals surface area contributed by atoms with Gasteiger partial charge in [-0.15, -0.1) is 0 Å². The first kappa shape index (κ1) is 12.0. The van der Waals surface area contributed by atoms with Gasteiger partial charge in [-0.25, -0.2) is 0 Å². The number of fused-ring (bicyclic) bond motifs is 4. The minimum atomic E-state index is 1.13. The Hall–Kier alpha value is -2.54. The van der Waals surface area contributed by atoms with Gasteiger partial charge in [0.2, 0.25) is 0 Å². The van der Waals surface area contributed by atoms with Crippen LogP contribution in [0.5, 0.6) is 0 Å². The largest absolute Gasteiger partial charge is 0.316 e. The van der Waals surface area contributed by atoms with Gasteiger partial charge in [-0.2, -0.15) is 0 Å². The van der Waals surface area contributed by atoms with E-state index < -0.39 is 0 Å². The zero-order valence-electron chi connectivity index (χ0n) is 12.4. The van der Waals surface area contributed by atoms with Gasteiger partial charge in [-0.1, -0.05) is 48.1 Å². The van der Waals surface area contributed by atoms with Crippen LogP contribution in [0.25, 0.3) is 22.2 Å². The highest BCUT2D eigenvalue weighted by molar-refractivity contribution is 6.00. The fourth-order valence-electron chi connectivity index (χ4n) is 3.91. The predicted octanol–water partition coefficient (Wildman–Crippen LogP) is 5.29. The van der Waals surface area contributed by atoms with Crippen molar-refractivity contribution in [3.8, 4) is 5.69 Å². The summed E-state index contributed by atoms with van der Waals surface area (Å²) in [4.78, 5) is 0. The summed E-state index contributed by atoms with van der Waals surface area (Å²) in [5, 5.41) is 1.33. The summed E-state index contributed by atoms with van der Waals surface area (Å²) in [6, 6.07) is 17.5. The molecule has 0 bridgehead atoms. The Balaban J connectivity index is 1.85. The molecule has 1 heterocycles. The molecule has 0 N–H and O–H groups in total. The molecule has 0 saturated carbocycles. The van der Waals surface area contributed by atoms with Crippen molar-refractivity contribution in [2.45, 2.75) is 19.3 Å². The van der Waals surface area contributed by atoms with Gasteiger partial charge in [0.25, 0.3) is 0 Å². The first-order valence-corrected chi connectivity index (χ1v) is 7.99. The molecule has 106 valence electrons. The summed E-state index contributed by atoms with van der Waals surface area (Å²) >= 11 is 0. The molecule has 0 fully saturated rings. The standard InChI is InChI=1S/C21H17N/c1-2-7-18(8-3-1)22-13-12-15-10-11-17-14-16-6-4-5-9-19(16)20(17)21(15)22/h1-3,5,7-13H,4,6,14H2. The Kier molecular flexibility index (Phi) is 2.45. The molecule has 0 atom stereocenters. The van der Waals surface area contributed by atoms with Crippen molar-refractivity contribution in [2.75, 3.05) is 0 Å². The number of aromatic nitrogens is 1. The molecule has 5 rings (SSSR count). The third kappa shape index (κ3) is 1.59. The van der Waals surface area contributed by atoms with Crippen LogP contribution in [0, 0.1) is 0 Å². The van der Waals surface area contributed by atoms with Crippen molar-refractivity contribution < 1.29 is 0 Å². The summed E-state index contributed by atoms with van der Waals surface area (Å²) in [5.41, 5.74) is 8.63. The number of rotatable bonds is 1. The lowest BCUT2D eigenvalue weighted by atomic mass is 9.97. The minimum absolute atomic E-state index is 1.13. The third-order valence-corrected chi connectivity index (χ3v) is 4.93. The average molecular weight is 283 g/mol. The molecular formula is C21H17N. The molecule has 2 aromatic carbocycles. The van der Waals surface area contributed by atoms with Gasteiger partial charge in [0.1, 0.15) is 0 Å². The van der Waals surface area contributed by atoms with Crippen LogP contribution in [0.2, 0.25) is 0 Å². The highest BCUT2D eigenvalue weighted by Crippen LogP contribution is 2.42. The van der Waals surface area contributed by atoms with Crippen LogP contribution in [-0.2, 0) is 6.42 Å². The van der Waals surface area contributed by atoms with Gasteiger partial charge in [0.15, 0.2) is 0 Å². The molecule has 22 heavy (non-hydrogen) atoms. The highest BCUT2D eigenvalue weighted by atomic mass is 15.0. The van der Waals surface area contributed by atoms with E-state index in [-0.39, 0.29) is 0 Å². The van der Waals surface area contributed by atoms with Crippen LogP contribution in [0.3, 0.4) is 0 Å². The number of benzene rings is 2. The Labute approximate surface area is 130 Å². The number of allylic oxidation sites excluding steroid dienone is 4. The molecule has 0 radical (unpaired) electrons. The highest BCUT2D eigenvalue weighted by Gasteiger charge is 2.24. The summed E-state index contributed by atoms with van der Waals surface area (Å²) in [6.45, 7) is 0. The van der Waals surface area contributed by atoms with Gasteiger partial charge in [0, 0.05) is 22.8 Å². The molecule has 0 unspecified atom stereocenters. The predicted molar refractivity (Wildman–Crippen MR) is 92.3 cm³/mol. The number of hydrogen-bond acceptors (Lipinski definition) is 0. The first-order chi connectivity index (χ1) is 10.9. The van der Waals surface area contributed by atoms with E-state index in [1.165, 1.54) is 46.1 Å². The first-order valence-electron chi connectivity index (χ1n) is 7.99. The maximum absolute atomic E-state index is 2.34. The maximum atomic E-state index is 2.34. The summed E-state index contributed by atoms with van der Waals surface area (Å²) in [5.74, 6) is 0. The summed E-state index contributed by atoms with van der Waals surface area (Å²) < 4.78 is 2.34. The minimum Gasteiger partial charge on any atom is -0.316 e. The Morgan fingerprint density at radius 3 is 2.73 bits per heavy atom. The van der Waals surface area contributed by atoms with E-state index in [1.807, 2.05) is 0 Å². The third-order valence-electron chi connectivity index (χ3n) is 4.93. The molecular weight excluding hydrogens is 266 g/mol. The lowest BCUT2D eigenvalue weighted by molar-refractivity contribution is 0.935. The van der Waals surface area contributed by atoms with Crippen LogP contribution in [0.4, 0.5) is 0 Å². The molecule has 0 saturated heterocycles. The van der Waals surface area contributed by atoms with Crippen LogP contribution >= 0.6 is 0 Å². The monoisotopic (exact) mass is 283 g/mol. The van der Waals surface area contributed by atoms with E-state index in [2.05, 4.69) is 71.4 Å². The zero-order chi connectivity index (χ0) is 14.5. The van der Waals surface area contributed by atoms with Crippen molar-refractivity contribution in [3.05, 3.63) is 83.6 Å². The smallest absolute Gasteiger partial charge is 0.0609 e. The van der Waals surface area contributed by atoms with Gasteiger partial charge < -0.3 is 4.57 Å². The van der Waals surface area contributed by atoms with Gasteiger partial charge in [-0.3, -0.25) is 0 Å². The van der Waals surface area contributed by atoms with E-state index in [1.54, 1.807) is 5.57 Å². The van der Waals surface area contributed by atoms with Crippen molar-refractivity contribution in [1.82, 2.24) is 4.57 Å². The lowest BCUT2D eigenvalue weighted by Crippen LogP contribution is -1.96. The van der Waals surface area contributed by atoms with Gasteiger partial charge >= 0.3 is 0 Å². The van der Waals surface area contributed by atoms with Crippen LogP contribution in [0.1, 0.15) is 24.0 Å². The molecule has 2 aliphatic rings. The van der Waals surface area contributed by atoms with Crippen molar-refractivity contribution in [3.63, 3.8) is 0 Å². The molecule has 3 aromatic rings. The maximum Gasteiger partial charge on any atom is 0.0609 e. The fraction of sp³-hybridized carbons (Fsp3) is 0.143. The van der Waals surface area contributed by atoms with Crippen molar-refractivity contribution >= 4 is 16.5 Å². The second-order valence-electron chi connectivity index (χ2n) is 6.19. The molecule has 1 heteroatoms. The Morgan fingerprint density at radius 2 is 1.82 bits per heavy atom. The number of nitrogens with zero attached hydrogens (tertiary/aromatic N) is 1. The van der Waals surface area contributed by atoms with Crippen molar-refractivity contribution in [2.24, 2.45) is 0 Å². The SMILES string of the molecule is C1=CC2=C(CC1)Cc1ccc3ccn(-c4ccccc4)c3c12. The topological polar surface area (TPSA) is 4.93 Å². The van der Waals surface area contributed by atoms with Gasteiger partial charge in [-0.05, 0) is 48.6 Å². The number of hydrogen-bond donors (Lipinski definition) is 0. The number of para-hydroxylation sites is 1. The van der Waals surface area contributed by atoms with Crippen LogP contribution < -0.4 is 0 Å². The molecule has 2 aliphatic carbocycles. The normalized spacial score (nSPS) is 16.2. The quantitative estimate of drug-likeness (QED) is 0.572. The second kappa shape index (κ2) is 4.48. The molecule has 1 nitrogen and oxygen atoms in total. The Bertz CT molecular complexity index is 939. The fourth-order valence-corrected chi connectivity index (χ4v) is 3.91.